The number of nitro groups is 1. The highest BCUT2D eigenvalue weighted by molar-refractivity contribution is 6.34. The summed E-state index contributed by atoms with van der Waals surface area (Å²) in [6, 6.07) is 4.18. The summed E-state index contributed by atoms with van der Waals surface area (Å²) in [4.78, 5) is 22.3. The SMILES string of the molecule is O=C(N[C@@H]1C[C@H]2CC[C@H]1C2)c1ccc([N+](=O)[O-])cc1Cl. The standard InChI is InChI=1S/C14H15ClN2O3/c15-12-7-10(17(19)20)3-4-11(12)14(18)16-13-6-8-1-2-9(13)5-8/h3-4,7-9,13H,1-2,5-6H2,(H,16,18)/t8-,9-,13+/m0/s1. The molecule has 2 aliphatic rings. The number of carbonyl (C=O) groups is 1. The van der Waals surface area contributed by atoms with E-state index in [4.69, 9.17) is 11.6 Å². The second kappa shape index (κ2) is 5.05. The molecular formula is C14H15ClN2O3. The van der Waals surface area contributed by atoms with Crippen LogP contribution in [0, 0.1) is 22.0 Å². The highest BCUT2D eigenvalue weighted by Crippen LogP contribution is 2.44. The largest absolute Gasteiger partial charge is 0.349 e. The molecule has 2 saturated carbocycles. The summed E-state index contributed by atoms with van der Waals surface area (Å²) in [6.45, 7) is 0. The third kappa shape index (κ3) is 2.38. The number of rotatable bonds is 3. The number of amides is 1. The molecule has 6 heteroatoms. The zero-order valence-electron chi connectivity index (χ0n) is 10.8. The van der Waals surface area contributed by atoms with E-state index in [-0.39, 0.29) is 22.7 Å². The minimum Gasteiger partial charge on any atom is -0.349 e. The van der Waals surface area contributed by atoms with Crippen LogP contribution in [0.4, 0.5) is 5.69 Å². The molecule has 0 aliphatic heterocycles. The fourth-order valence-corrected chi connectivity index (χ4v) is 3.73. The van der Waals surface area contributed by atoms with E-state index in [2.05, 4.69) is 5.32 Å². The quantitative estimate of drug-likeness (QED) is 0.687. The average Bonchev–Trinajstić information content (AvgIpc) is 3.00. The summed E-state index contributed by atoms with van der Waals surface area (Å²) in [7, 11) is 0. The summed E-state index contributed by atoms with van der Waals surface area (Å²) >= 11 is 5.97. The molecule has 2 bridgehead atoms. The van der Waals surface area contributed by atoms with E-state index in [9.17, 15) is 14.9 Å². The van der Waals surface area contributed by atoms with Crippen LogP contribution < -0.4 is 5.32 Å². The Kier molecular flexibility index (Phi) is 3.38. The molecule has 106 valence electrons. The Balaban J connectivity index is 1.72. The lowest BCUT2D eigenvalue weighted by molar-refractivity contribution is -0.384. The van der Waals surface area contributed by atoms with Crippen LogP contribution >= 0.6 is 11.6 Å². The monoisotopic (exact) mass is 294 g/mol. The molecule has 0 saturated heterocycles. The zero-order chi connectivity index (χ0) is 14.3. The van der Waals surface area contributed by atoms with Gasteiger partial charge in [-0.2, -0.15) is 0 Å². The summed E-state index contributed by atoms with van der Waals surface area (Å²) in [6.07, 6.45) is 4.71. The minimum atomic E-state index is -0.524. The van der Waals surface area contributed by atoms with Crippen LogP contribution in [-0.2, 0) is 0 Å². The van der Waals surface area contributed by atoms with E-state index in [1.54, 1.807) is 0 Å². The van der Waals surface area contributed by atoms with Gasteiger partial charge in [-0.25, -0.2) is 0 Å². The molecule has 0 heterocycles. The Morgan fingerprint density at radius 3 is 2.70 bits per heavy atom. The molecule has 1 amide bonds. The third-order valence-electron chi connectivity index (χ3n) is 4.46. The van der Waals surface area contributed by atoms with Crippen molar-refractivity contribution in [3.8, 4) is 0 Å². The van der Waals surface area contributed by atoms with E-state index in [0.29, 0.717) is 11.5 Å². The van der Waals surface area contributed by atoms with Crippen LogP contribution in [-0.4, -0.2) is 16.9 Å². The summed E-state index contributed by atoms with van der Waals surface area (Å²) in [5.41, 5.74) is 0.200. The van der Waals surface area contributed by atoms with Crippen molar-refractivity contribution in [2.45, 2.75) is 31.7 Å². The van der Waals surface area contributed by atoms with E-state index >= 15 is 0 Å². The molecule has 2 fully saturated rings. The van der Waals surface area contributed by atoms with Crippen molar-refractivity contribution < 1.29 is 9.72 Å². The van der Waals surface area contributed by atoms with Crippen LogP contribution in [0.1, 0.15) is 36.0 Å². The Morgan fingerprint density at radius 2 is 2.15 bits per heavy atom. The Morgan fingerprint density at radius 1 is 1.35 bits per heavy atom. The number of nitrogens with zero attached hydrogens (tertiary/aromatic N) is 1. The number of fused-ring (bicyclic) bond motifs is 2. The summed E-state index contributed by atoms with van der Waals surface area (Å²) in [5.74, 6) is 1.10. The molecule has 0 radical (unpaired) electrons. The predicted octanol–water partition coefficient (Wildman–Crippen LogP) is 3.17. The van der Waals surface area contributed by atoms with Crippen LogP contribution in [0.2, 0.25) is 5.02 Å². The van der Waals surface area contributed by atoms with Gasteiger partial charge in [0.15, 0.2) is 0 Å². The predicted molar refractivity (Wildman–Crippen MR) is 74.8 cm³/mol. The van der Waals surface area contributed by atoms with Gasteiger partial charge in [0, 0.05) is 18.2 Å². The normalized spacial score (nSPS) is 27.6. The van der Waals surface area contributed by atoms with Gasteiger partial charge in [0.1, 0.15) is 0 Å². The lowest BCUT2D eigenvalue weighted by Gasteiger charge is -2.23. The molecule has 0 spiro atoms. The molecule has 1 N–H and O–H groups in total. The van der Waals surface area contributed by atoms with Crippen molar-refractivity contribution in [3.63, 3.8) is 0 Å². The van der Waals surface area contributed by atoms with Crippen molar-refractivity contribution >= 4 is 23.2 Å². The van der Waals surface area contributed by atoms with Crippen molar-refractivity contribution in [3.05, 3.63) is 38.9 Å². The van der Waals surface area contributed by atoms with Crippen LogP contribution in [0.25, 0.3) is 0 Å². The Hall–Kier alpha value is -1.62. The zero-order valence-corrected chi connectivity index (χ0v) is 11.6. The average molecular weight is 295 g/mol. The number of hydrogen-bond donors (Lipinski definition) is 1. The van der Waals surface area contributed by atoms with Crippen LogP contribution in [0.15, 0.2) is 18.2 Å². The molecule has 3 atom stereocenters. The van der Waals surface area contributed by atoms with Crippen LogP contribution in [0.3, 0.4) is 0 Å². The molecule has 0 aromatic heterocycles. The second-order valence-electron chi connectivity index (χ2n) is 5.68. The number of nitrogens with one attached hydrogen (secondary N) is 1. The first-order valence-electron chi connectivity index (χ1n) is 6.79. The first kappa shape index (κ1) is 13.4. The molecule has 1 aromatic carbocycles. The van der Waals surface area contributed by atoms with Gasteiger partial charge in [0.05, 0.1) is 15.5 Å². The maximum atomic E-state index is 12.2. The van der Waals surface area contributed by atoms with Crippen molar-refractivity contribution in [2.75, 3.05) is 0 Å². The van der Waals surface area contributed by atoms with Gasteiger partial charge in [0.25, 0.3) is 11.6 Å². The molecule has 3 rings (SSSR count). The molecule has 20 heavy (non-hydrogen) atoms. The summed E-state index contributed by atoms with van der Waals surface area (Å²) in [5, 5.41) is 13.8. The number of carbonyl (C=O) groups excluding carboxylic acids is 1. The summed E-state index contributed by atoms with van der Waals surface area (Å²) < 4.78 is 0. The maximum Gasteiger partial charge on any atom is 0.270 e. The lowest BCUT2D eigenvalue weighted by Crippen LogP contribution is -2.38. The van der Waals surface area contributed by atoms with Crippen molar-refractivity contribution in [2.24, 2.45) is 11.8 Å². The minimum absolute atomic E-state index is 0.105. The van der Waals surface area contributed by atoms with Gasteiger partial charge < -0.3 is 5.32 Å². The smallest absolute Gasteiger partial charge is 0.270 e. The van der Waals surface area contributed by atoms with E-state index in [1.807, 2.05) is 0 Å². The van der Waals surface area contributed by atoms with E-state index in [0.717, 1.165) is 12.3 Å². The molecular weight excluding hydrogens is 280 g/mol. The number of nitro benzene ring substituents is 1. The highest BCUT2D eigenvalue weighted by atomic mass is 35.5. The second-order valence-corrected chi connectivity index (χ2v) is 6.08. The van der Waals surface area contributed by atoms with E-state index < -0.39 is 4.92 Å². The van der Waals surface area contributed by atoms with Gasteiger partial charge in [0.2, 0.25) is 0 Å². The van der Waals surface area contributed by atoms with Gasteiger partial charge in [-0.3, -0.25) is 14.9 Å². The fraction of sp³-hybridized carbons (Fsp3) is 0.500. The van der Waals surface area contributed by atoms with Gasteiger partial charge >= 0.3 is 0 Å². The Labute approximate surface area is 121 Å². The number of hydrogen-bond acceptors (Lipinski definition) is 3. The molecule has 0 unspecified atom stereocenters. The molecule has 2 aliphatic carbocycles. The molecule has 1 aromatic rings. The van der Waals surface area contributed by atoms with Gasteiger partial charge in [-0.1, -0.05) is 18.0 Å². The van der Waals surface area contributed by atoms with Gasteiger partial charge in [-0.15, -0.1) is 0 Å². The lowest BCUT2D eigenvalue weighted by atomic mass is 9.95. The highest BCUT2D eigenvalue weighted by Gasteiger charge is 2.40. The first-order valence-corrected chi connectivity index (χ1v) is 7.17. The van der Waals surface area contributed by atoms with Crippen molar-refractivity contribution in [1.82, 2.24) is 5.32 Å². The third-order valence-corrected chi connectivity index (χ3v) is 4.78. The maximum absolute atomic E-state index is 12.2. The van der Waals surface area contributed by atoms with Crippen LogP contribution in [0.5, 0.6) is 0 Å². The Bertz CT molecular complexity index is 576. The van der Waals surface area contributed by atoms with Gasteiger partial charge in [-0.05, 0) is 37.2 Å². The number of halogens is 1. The van der Waals surface area contributed by atoms with Crippen molar-refractivity contribution in [1.29, 1.82) is 0 Å². The van der Waals surface area contributed by atoms with E-state index in [1.165, 1.54) is 37.5 Å². The molecule has 5 nitrogen and oxygen atoms in total. The first-order chi connectivity index (χ1) is 9.54. The fourth-order valence-electron chi connectivity index (χ4n) is 3.47. The topological polar surface area (TPSA) is 72.2 Å². The number of benzene rings is 1. The number of non-ortho nitro benzene ring substituents is 1.